The van der Waals surface area contributed by atoms with Crippen LogP contribution in [0.3, 0.4) is 0 Å². The number of aromatic nitrogens is 2. The molecule has 0 unspecified atom stereocenters. The molecule has 0 radical (unpaired) electrons. The molecule has 0 saturated heterocycles. The van der Waals surface area contributed by atoms with E-state index in [-0.39, 0.29) is 5.41 Å². The second-order valence-corrected chi connectivity index (χ2v) is 4.30. The van der Waals surface area contributed by atoms with Crippen LogP contribution < -0.4 is 4.74 Å². The molecule has 15 heavy (non-hydrogen) atoms. The van der Waals surface area contributed by atoms with Crippen molar-refractivity contribution in [3.05, 3.63) is 12.4 Å². The van der Waals surface area contributed by atoms with E-state index in [1.54, 1.807) is 10.9 Å². The Hall–Kier alpha value is -1.50. The van der Waals surface area contributed by atoms with Crippen molar-refractivity contribution < 1.29 is 4.74 Å². The van der Waals surface area contributed by atoms with Gasteiger partial charge in [0.05, 0.1) is 30.5 Å². The smallest absolute Gasteiger partial charge is 0.157 e. The molecule has 82 valence electrons. The van der Waals surface area contributed by atoms with Crippen molar-refractivity contribution in [1.29, 1.82) is 5.26 Å². The van der Waals surface area contributed by atoms with Crippen LogP contribution in [-0.2, 0) is 7.05 Å². The first kappa shape index (κ1) is 11.6. The summed E-state index contributed by atoms with van der Waals surface area (Å²) in [5, 5.41) is 12.8. The van der Waals surface area contributed by atoms with Gasteiger partial charge in [-0.05, 0) is 26.7 Å². The fraction of sp³-hybridized carbons (Fsp3) is 0.636. The average Bonchev–Trinajstić information content (AvgIpc) is 2.59. The molecule has 0 aliphatic rings. The van der Waals surface area contributed by atoms with Crippen molar-refractivity contribution in [2.45, 2.75) is 26.7 Å². The lowest BCUT2D eigenvalue weighted by Crippen LogP contribution is -2.09. The Morgan fingerprint density at radius 1 is 1.60 bits per heavy atom. The molecule has 0 saturated carbocycles. The minimum atomic E-state index is -0.252. The van der Waals surface area contributed by atoms with Gasteiger partial charge >= 0.3 is 0 Å². The molecule has 0 spiro atoms. The Morgan fingerprint density at radius 2 is 2.33 bits per heavy atom. The van der Waals surface area contributed by atoms with E-state index in [9.17, 15) is 0 Å². The molecule has 0 N–H and O–H groups in total. The molecular weight excluding hydrogens is 190 g/mol. The molecule has 4 nitrogen and oxygen atoms in total. The third-order valence-corrected chi connectivity index (χ3v) is 2.20. The van der Waals surface area contributed by atoms with Gasteiger partial charge in [-0.2, -0.15) is 10.4 Å². The third-order valence-electron chi connectivity index (χ3n) is 2.20. The van der Waals surface area contributed by atoms with Crippen molar-refractivity contribution >= 4 is 0 Å². The van der Waals surface area contributed by atoms with Crippen LogP contribution in [0, 0.1) is 16.7 Å². The van der Waals surface area contributed by atoms with Crippen LogP contribution in [0.25, 0.3) is 0 Å². The predicted molar refractivity (Wildman–Crippen MR) is 57.3 cm³/mol. The molecule has 1 aromatic heterocycles. The Labute approximate surface area is 90.5 Å². The van der Waals surface area contributed by atoms with Gasteiger partial charge in [0.25, 0.3) is 0 Å². The highest BCUT2D eigenvalue weighted by atomic mass is 16.5. The molecule has 0 amide bonds. The maximum Gasteiger partial charge on any atom is 0.157 e. The number of nitrogens with zero attached hydrogens (tertiary/aromatic N) is 3. The second kappa shape index (κ2) is 4.83. The van der Waals surface area contributed by atoms with Crippen molar-refractivity contribution in [3.8, 4) is 11.8 Å². The highest BCUT2D eigenvalue weighted by Crippen LogP contribution is 2.20. The van der Waals surface area contributed by atoms with Crippen molar-refractivity contribution in [1.82, 2.24) is 9.78 Å². The van der Waals surface area contributed by atoms with Gasteiger partial charge < -0.3 is 4.74 Å². The maximum atomic E-state index is 8.81. The van der Waals surface area contributed by atoms with Gasteiger partial charge in [-0.15, -0.1) is 0 Å². The normalized spacial score (nSPS) is 11.1. The maximum absolute atomic E-state index is 8.81. The summed E-state index contributed by atoms with van der Waals surface area (Å²) >= 11 is 0. The zero-order valence-corrected chi connectivity index (χ0v) is 9.53. The van der Waals surface area contributed by atoms with Crippen LogP contribution in [0.5, 0.6) is 5.75 Å². The summed E-state index contributed by atoms with van der Waals surface area (Å²) in [7, 11) is 1.85. The number of aryl methyl sites for hydroxylation is 1. The molecule has 1 rings (SSSR count). The number of hydrogen-bond acceptors (Lipinski definition) is 3. The Bertz CT molecular complexity index is 349. The Kier molecular flexibility index (Phi) is 3.73. The van der Waals surface area contributed by atoms with Crippen LogP contribution in [0.1, 0.15) is 26.7 Å². The van der Waals surface area contributed by atoms with Crippen LogP contribution in [0.15, 0.2) is 12.4 Å². The van der Waals surface area contributed by atoms with Crippen LogP contribution >= 0.6 is 0 Å². The molecule has 0 fully saturated rings. The van der Waals surface area contributed by atoms with Gasteiger partial charge in [-0.1, -0.05) is 0 Å². The van der Waals surface area contributed by atoms with E-state index in [4.69, 9.17) is 10.00 Å². The Balaban J connectivity index is 2.21. The third kappa shape index (κ3) is 4.03. The standard InChI is InChI=1S/C11H17N3O/c1-11(2,9-12)5-4-6-15-10-7-13-14(3)8-10/h7-8H,4-6H2,1-3H3. The fourth-order valence-corrected chi connectivity index (χ4v) is 1.23. The SMILES string of the molecule is Cn1cc(OCCCC(C)(C)C#N)cn1. The lowest BCUT2D eigenvalue weighted by Gasteiger charge is -2.14. The topological polar surface area (TPSA) is 50.8 Å². The van der Waals surface area contributed by atoms with Gasteiger partial charge in [-0.25, -0.2) is 0 Å². The quantitative estimate of drug-likeness (QED) is 0.695. The summed E-state index contributed by atoms with van der Waals surface area (Å²) in [4.78, 5) is 0. The van der Waals surface area contributed by atoms with Crippen LogP contribution in [0.4, 0.5) is 0 Å². The summed E-state index contributed by atoms with van der Waals surface area (Å²) in [5.41, 5.74) is -0.252. The molecule has 0 aliphatic carbocycles. The van der Waals surface area contributed by atoms with E-state index in [1.807, 2.05) is 27.1 Å². The lowest BCUT2D eigenvalue weighted by molar-refractivity contribution is 0.284. The largest absolute Gasteiger partial charge is 0.490 e. The molecule has 1 aromatic rings. The molecular formula is C11H17N3O. The van der Waals surface area contributed by atoms with E-state index in [2.05, 4.69) is 11.2 Å². The summed E-state index contributed by atoms with van der Waals surface area (Å²) in [6.45, 7) is 4.52. The second-order valence-electron chi connectivity index (χ2n) is 4.30. The molecule has 1 heterocycles. The number of ether oxygens (including phenoxy) is 1. The minimum Gasteiger partial charge on any atom is -0.490 e. The van der Waals surface area contributed by atoms with E-state index in [0.717, 1.165) is 18.6 Å². The van der Waals surface area contributed by atoms with Gasteiger partial charge in [0, 0.05) is 7.05 Å². The lowest BCUT2D eigenvalue weighted by atomic mass is 9.90. The first-order chi connectivity index (χ1) is 7.03. The van der Waals surface area contributed by atoms with E-state index < -0.39 is 0 Å². The van der Waals surface area contributed by atoms with Crippen molar-refractivity contribution in [3.63, 3.8) is 0 Å². The first-order valence-corrected chi connectivity index (χ1v) is 5.06. The summed E-state index contributed by atoms with van der Waals surface area (Å²) in [6.07, 6.45) is 5.25. The molecule has 0 aliphatic heterocycles. The van der Waals surface area contributed by atoms with E-state index >= 15 is 0 Å². The summed E-state index contributed by atoms with van der Waals surface area (Å²) < 4.78 is 7.18. The molecule has 0 aromatic carbocycles. The zero-order valence-electron chi connectivity index (χ0n) is 9.53. The highest BCUT2D eigenvalue weighted by molar-refractivity contribution is 5.11. The van der Waals surface area contributed by atoms with Gasteiger partial charge in [-0.3, -0.25) is 4.68 Å². The number of nitriles is 1. The summed E-state index contributed by atoms with van der Waals surface area (Å²) in [5.74, 6) is 0.785. The van der Waals surface area contributed by atoms with E-state index in [0.29, 0.717) is 6.61 Å². The zero-order chi connectivity index (χ0) is 11.3. The molecule has 0 bridgehead atoms. The van der Waals surface area contributed by atoms with Crippen molar-refractivity contribution in [2.24, 2.45) is 12.5 Å². The molecule has 0 atom stereocenters. The van der Waals surface area contributed by atoms with E-state index in [1.165, 1.54) is 0 Å². The highest BCUT2D eigenvalue weighted by Gasteiger charge is 2.15. The fourth-order valence-electron chi connectivity index (χ4n) is 1.23. The van der Waals surface area contributed by atoms with Gasteiger partial charge in [0.1, 0.15) is 0 Å². The average molecular weight is 207 g/mol. The predicted octanol–water partition coefficient (Wildman–Crippen LogP) is 2.13. The number of rotatable bonds is 5. The Morgan fingerprint density at radius 3 is 2.87 bits per heavy atom. The molecule has 4 heteroatoms. The van der Waals surface area contributed by atoms with Crippen LogP contribution in [-0.4, -0.2) is 16.4 Å². The first-order valence-electron chi connectivity index (χ1n) is 5.06. The monoisotopic (exact) mass is 207 g/mol. The van der Waals surface area contributed by atoms with Gasteiger partial charge in [0.15, 0.2) is 5.75 Å². The summed E-state index contributed by atoms with van der Waals surface area (Å²) in [6, 6.07) is 2.27. The van der Waals surface area contributed by atoms with Crippen LogP contribution in [0.2, 0.25) is 0 Å². The minimum absolute atomic E-state index is 0.252. The van der Waals surface area contributed by atoms with Crippen molar-refractivity contribution in [2.75, 3.05) is 6.61 Å². The van der Waals surface area contributed by atoms with Gasteiger partial charge in [0.2, 0.25) is 0 Å². The number of hydrogen-bond donors (Lipinski definition) is 0.